The molecule has 0 unspecified atom stereocenters. The fraction of sp³-hybridized carbons (Fsp3) is 0.167. The number of nitrogens with zero attached hydrogens (tertiary/aromatic N) is 1. The molecule has 85 valence electrons. The second-order valence-corrected chi connectivity index (χ2v) is 5.92. The Kier molecular flexibility index (Phi) is 2.21. The Morgan fingerprint density at radius 3 is 2.47 bits per heavy atom. The summed E-state index contributed by atoms with van der Waals surface area (Å²) in [7, 11) is 2.46. The molecule has 0 bridgehead atoms. The van der Waals surface area contributed by atoms with Crippen LogP contribution in [0.1, 0.15) is 11.1 Å². The zero-order valence-electron chi connectivity index (χ0n) is 9.23. The third-order valence-corrected chi connectivity index (χ3v) is 4.83. The van der Waals surface area contributed by atoms with Gasteiger partial charge >= 0.3 is 0 Å². The molecule has 0 aromatic heterocycles. The van der Waals surface area contributed by atoms with Crippen LogP contribution in [0.25, 0.3) is 21.3 Å². The average Bonchev–Trinajstić information content (AvgIpc) is 2.78. The van der Waals surface area contributed by atoms with Crippen molar-refractivity contribution in [2.45, 2.75) is 13.8 Å². The normalized spacial score (nSPS) is 11.4. The summed E-state index contributed by atoms with van der Waals surface area (Å²) in [5.74, 6) is -0.0727. The van der Waals surface area contributed by atoms with E-state index < -0.39 is 0 Å². The van der Waals surface area contributed by atoms with Crippen molar-refractivity contribution in [3.05, 3.63) is 33.5 Å². The second kappa shape index (κ2) is 3.51. The highest BCUT2D eigenvalue weighted by Gasteiger charge is 2.22. The molecule has 0 atom stereocenters. The lowest BCUT2D eigenvalue weighted by Gasteiger charge is -2.06. The van der Waals surface area contributed by atoms with Gasteiger partial charge in [0.25, 0.3) is 0 Å². The van der Waals surface area contributed by atoms with E-state index in [1.165, 1.54) is 20.9 Å². The maximum atomic E-state index is 12.2. The largest absolute Gasteiger partial charge is 0.288 e. The van der Waals surface area contributed by atoms with Crippen LogP contribution in [-0.4, -0.2) is 4.37 Å². The Morgan fingerprint density at radius 1 is 1.12 bits per heavy atom. The zero-order chi connectivity index (χ0) is 12.2. The lowest BCUT2D eigenvalue weighted by Crippen LogP contribution is -2.06. The highest BCUT2D eigenvalue weighted by molar-refractivity contribution is 7.68. The predicted molar refractivity (Wildman–Crippen MR) is 70.0 cm³/mol. The summed E-state index contributed by atoms with van der Waals surface area (Å²) in [5.41, 5.74) is 2.24. The van der Waals surface area contributed by atoms with Gasteiger partial charge in [-0.15, -0.1) is 0 Å². The quantitative estimate of drug-likeness (QED) is 0.581. The molecule has 0 saturated carbocycles. The van der Waals surface area contributed by atoms with Crippen LogP contribution in [0.15, 0.2) is 16.9 Å². The maximum absolute atomic E-state index is 12.2. The number of aromatic nitrogens is 1. The van der Waals surface area contributed by atoms with E-state index in [4.69, 9.17) is 0 Å². The summed E-state index contributed by atoms with van der Waals surface area (Å²) in [4.78, 5) is 12.7. The minimum atomic E-state index is -0.129. The van der Waals surface area contributed by atoms with Crippen LogP contribution in [0.3, 0.4) is 0 Å². The van der Waals surface area contributed by atoms with Crippen LogP contribution in [0.2, 0.25) is 0 Å². The molecule has 0 saturated heterocycles. The molecule has 1 aromatic carbocycles. The molecule has 2 aliphatic rings. The third-order valence-electron chi connectivity index (χ3n) is 3.01. The van der Waals surface area contributed by atoms with Crippen molar-refractivity contribution in [2.75, 3.05) is 0 Å². The van der Waals surface area contributed by atoms with Crippen molar-refractivity contribution >= 4 is 31.6 Å². The van der Waals surface area contributed by atoms with Crippen LogP contribution in [0, 0.1) is 13.8 Å². The third kappa shape index (κ3) is 1.39. The summed E-state index contributed by atoms with van der Waals surface area (Å²) >= 11 is 0. The van der Waals surface area contributed by atoms with Gasteiger partial charge in [-0.1, -0.05) is 10.3 Å². The van der Waals surface area contributed by atoms with E-state index in [0.717, 1.165) is 11.1 Å². The smallest absolute Gasteiger partial charge is 0.214 e. The summed E-state index contributed by atoms with van der Waals surface area (Å²) in [6, 6.07) is 3.59. The number of benzene rings is 2. The van der Waals surface area contributed by atoms with Crippen molar-refractivity contribution in [3.63, 3.8) is 0 Å². The first-order chi connectivity index (χ1) is 8.09. The molecule has 1 radical (unpaired) electrons. The molecular weight excluding hydrogens is 254 g/mol. The number of fused-ring (bicyclic) bond motifs is 2. The molecule has 1 aromatic rings. The predicted octanol–water partition coefficient (Wildman–Crippen LogP) is 3.58. The summed E-state index contributed by atoms with van der Waals surface area (Å²) in [6.45, 7) is 3.88. The van der Waals surface area contributed by atoms with E-state index in [1.807, 2.05) is 13.8 Å². The fourth-order valence-electron chi connectivity index (χ4n) is 1.91. The highest BCUT2D eigenvalue weighted by Crippen LogP contribution is 2.40. The van der Waals surface area contributed by atoms with E-state index in [0.29, 0.717) is 21.3 Å². The molecule has 1 heterocycles. The van der Waals surface area contributed by atoms with Crippen molar-refractivity contribution in [3.8, 4) is 16.3 Å². The Hall–Kier alpha value is -1.46. The monoisotopic (exact) mass is 262 g/mol. The van der Waals surface area contributed by atoms with Gasteiger partial charge < -0.3 is 0 Å². The van der Waals surface area contributed by atoms with Crippen LogP contribution in [-0.2, 0) is 5.11 Å². The average molecular weight is 262 g/mol. The number of aryl methyl sites for hydroxylation is 2. The maximum Gasteiger partial charge on any atom is 0.214 e. The summed E-state index contributed by atoms with van der Waals surface area (Å²) < 4.78 is 4.03. The van der Waals surface area contributed by atoms with Crippen molar-refractivity contribution in [1.29, 1.82) is 0 Å². The minimum absolute atomic E-state index is 0.0727. The molecule has 1 aliphatic carbocycles. The van der Waals surface area contributed by atoms with E-state index in [1.54, 1.807) is 12.1 Å². The van der Waals surface area contributed by atoms with Gasteiger partial charge in [0, 0.05) is 21.3 Å². The number of rotatable bonds is 0. The first kappa shape index (κ1) is 10.7. The SMILES string of the molecule is Cc1cc2c([O])c3ssnc-3c(=O)c2cc1C. The van der Waals surface area contributed by atoms with E-state index in [9.17, 15) is 9.90 Å². The van der Waals surface area contributed by atoms with Crippen LogP contribution in [0.5, 0.6) is 5.75 Å². The van der Waals surface area contributed by atoms with Gasteiger partial charge in [-0.05, 0) is 37.1 Å². The van der Waals surface area contributed by atoms with Gasteiger partial charge in [-0.2, -0.15) is 4.37 Å². The Balaban J connectivity index is 2.65. The van der Waals surface area contributed by atoms with E-state index in [2.05, 4.69) is 4.37 Å². The van der Waals surface area contributed by atoms with Crippen LogP contribution in [0.4, 0.5) is 0 Å². The minimum Gasteiger partial charge on any atom is -0.288 e. The van der Waals surface area contributed by atoms with Gasteiger partial charge in [0.15, 0.2) is 0 Å². The van der Waals surface area contributed by atoms with E-state index >= 15 is 0 Å². The fourth-order valence-corrected chi connectivity index (χ4v) is 3.75. The molecule has 1 aliphatic heterocycles. The molecule has 0 N–H and O–H groups in total. The highest BCUT2D eigenvalue weighted by atomic mass is 32.9. The lowest BCUT2D eigenvalue weighted by atomic mass is 10.00. The molecule has 3 rings (SSSR count). The van der Waals surface area contributed by atoms with Crippen molar-refractivity contribution in [2.24, 2.45) is 0 Å². The van der Waals surface area contributed by atoms with Gasteiger partial charge in [-0.25, -0.2) is 0 Å². The second-order valence-electron chi connectivity index (χ2n) is 4.07. The number of hydrogen-bond acceptors (Lipinski definition) is 4. The van der Waals surface area contributed by atoms with Gasteiger partial charge in [0.2, 0.25) is 11.2 Å². The van der Waals surface area contributed by atoms with Crippen molar-refractivity contribution < 1.29 is 5.11 Å². The van der Waals surface area contributed by atoms with Crippen LogP contribution >= 0.6 is 20.9 Å². The van der Waals surface area contributed by atoms with E-state index in [-0.39, 0.29) is 11.2 Å². The van der Waals surface area contributed by atoms with Gasteiger partial charge in [0.05, 0.1) is 0 Å². The first-order valence-corrected chi connectivity index (χ1v) is 7.20. The summed E-state index contributed by atoms with van der Waals surface area (Å²) in [5, 5.41) is 13.2. The van der Waals surface area contributed by atoms with Crippen molar-refractivity contribution in [1.82, 2.24) is 4.37 Å². The molecule has 0 amide bonds. The Morgan fingerprint density at radius 2 is 1.76 bits per heavy atom. The first-order valence-electron chi connectivity index (χ1n) is 5.09. The van der Waals surface area contributed by atoms with Gasteiger partial charge in [-0.3, -0.25) is 9.90 Å². The Bertz CT molecular complexity index is 757. The number of hydrogen-bond donors (Lipinski definition) is 0. The Labute approximate surface area is 105 Å². The molecule has 3 nitrogen and oxygen atoms in total. The van der Waals surface area contributed by atoms with Gasteiger partial charge in [0.1, 0.15) is 10.6 Å². The lowest BCUT2D eigenvalue weighted by molar-refractivity contribution is 0.363. The zero-order valence-corrected chi connectivity index (χ0v) is 10.9. The molecular formula is C12H8NO2S2. The topological polar surface area (TPSA) is 49.9 Å². The molecule has 5 heteroatoms. The molecule has 0 spiro atoms. The molecule has 0 fully saturated rings. The molecule has 17 heavy (non-hydrogen) atoms. The summed E-state index contributed by atoms with van der Waals surface area (Å²) in [6.07, 6.45) is 0. The standard InChI is InChI=1S/C12H8NO2S2/c1-5-3-7-8(4-6(5)2)11(15)12-9(10(7)14)13-17-16-12/h3-4H,1-2H3. The van der Waals surface area contributed by atoms with Crippen LogP contribution < -0.4 is 5.43 Å².